The van der Waals surface area contributed by atoms with Crippen molar-refractivity contribution in [3.63, 3.8) is 0 Å². The molecule has 2 rings (SSSR count). The molecule has 0 spiro atoms. The van der Waals surface area contributed by atoms with Crippen molar-refractivity contribution < 1.29 is 0 Å². The first-order valence-corrected chi connectivity index (χ1v) is 5.48. The van der Waals surface area contributed by atoms with Crippen molar-refractivity contribution in [3.8, 4) is 0 Å². The highest BCUT2D eigenvalue weighted by Crippen LogP contribution is 2.25. The van der Waals surface area contributed by atoms with E-state index in [2.05, 4.69) is 46.0 Å². The lowest BCUT2D eigenvalue weighted by Crippen LogP contribution is -2.03. The van der Waals surface area contributed by atoms with Gasteiger partial charge < -0.3 is 10.7 Å². The van der Waals surface area contributed by atoms with Crippen molar-refractivity contribution in [1.82, 2.24) is 4.98 Å². The average Bonchev–Trinajstić information content (AvgIpc) is 2.43. The van der Waals surface area contributed by atoms with Gasteiger partial charge >= 0.3 is 0 Å². The molecule has 3 heteroatoms. The lowest BCUT2D eigenvalue weighted by molar-refractivity contribution is 0.963. The predicted octanol–water partition coefficient (Wildman–Crippen LogP) is 2.74. The topological polar surface area (TPSA) is 41.8 Å². The van der Waals surface area contributed by atoms with E-state index in [9.17, 15) is 0 Å². The van der Waals surface area contributed by atoms with E-state index >= 15 is 0 Å². The van der Waals surface area contributed by atoms with Crippen LogP contribution in [0.2, 0.25) is 0 Å². The number of benzene rings is 1. The van der Waals surface area contributed by atoms with Crippen LogP contribution in [0.25, 0.3) is 10.9 Å². The van der Waals surface area contributed by atoms with Crippen LogP contribution in [0.4, 0.5) is 0 Å². The highest BCUT2D eigenvalue weighted by molar-refractivity contribution is 9.10. The Kier molecular flexibility index (Phi) is 2.61. The van der Waals surface area contributed by atoms with Crippen molar-refractivity contribution in [2.45, 2.75) is 13.3 Å². The smallest absolute Gasteiger partial charge is 0.0470 e. The first-order valence-electron chi connectivity index (χ1n) is 4.69. The summed E-state index contributed by atoms with van der Waals surface area (Å²) in [6.07, 6.45) is 0.938. The number of nitrogens with one attached hydrogen (secondary N) is 1. The molecule has 1 aromatic carbocycles. The van der Waals surface area contributed by atoms with Crippen molar-refractivity contribution in [3.05, 3.63) is 33.9 Å². The van der Waals surface area contributed by atoms with Crippen LogP contribution in [0.3, 0.4) is 0 Å². The molecule has 74 valence electrons. The van der Waals surface area contributed by atoms with E-state index in [-0.39, 0.29) is 0 Å². The SMILES string of the molecule is Cc1[nH]c2cc(Br)ccc2c1CCN. The minimum absolute atomic E-state index is 0.698. The van der Waals surface area contributed by atoms with Gasteiger partial charge in [-0.05, 0) is 37.6 Å². The van der Waals surface area contributed by atoms with E-state index in [0.29, 0.717) is 6.54 Å². The van der Waals surface area contributed by atoms with Gasteiger partial charge in [0.25, 0.3) is 0 Å². The molecule has 0 saturated heterocycles. The van der Waals surface area contributed by atoms with E-state index < -0.39 is 0 Å². The van der Waals surface area contributed by atoms with Crippen LogP contribution in [0.1, 0.15) is 11.3 Å². The molecule has 0 aliphatic rings. The second kappa shape index (κ2) is 3.75. The number of nitrogens with two attached hydrogens (primary N) is 1. The van der Waals surface area contributed by atoms with Crippen molar-refractivity contribution >= 4 is 26.8 Å². The number of halogens is 1. The van der Waals surface area contributed by atoms with Crippen LogP contribution >= 0.6 is 15.9 Å². The number of aromatic nitrogens is 1. The molecule has 0 unspecified atom stereocenters. The summed E-state index contributed by atoms with van der Waals surface area (Å²) in [6.45, 7) is 2.79. The fraction of sp³-hybridized carbons (Fsp3) is 0.273. The van der Waals surface area contributed by atoms with Crippen LogP contribution in [0.15, 0.2) is 22.7 Å². The zero-order chi connectivity index (χ0) is 10.1. The molecule has 0 amide bonds. The first kappa shape index (κ1) is 9.74. The Bertz CT molecular complexity index is 460. The maximum atomic E-state index is 5.59. The largest absolute Gasteiger partial charge is 0.358 e. The minimum atomic E-state index is 0.698. The van der Waals surface area contributed by atoms with E-state index in [4.69, 9.17) is 5.73 Å². The molecular weight excluding hydrogens is 240 g/mol. The third kappa shape index (κ3) is 1.57. The Hall–Kier alpha value is -0.800. The Morgan fingerprint density at radius 3 is 2.93 bits per heavy atom. The lowest BCUT2D eigenvalue weighted by Gasteiger charge is -1.97. The summed E-state index contributed by atoms with van der Waals surface area (Å²) < 4.78 is 1.10. The number of hydrogen-bond donors (Lipinski definition) is 2. The maximum Gasteiger partial charge on any atom is 0.0470 e. The molecule has 0 aliphatic carbocycles. The molecule has 0 saturated carbocycles. The summed E-state index contributed by atoms with van der Waals surface area (Å²) in [6, 6.07) is 6.30. The Labute approximate surface area is 91.6 Å². The Balaban J connectivity index is 2.64. The zero-order valence-electron chi connectivity index (χ0n) is 8.10. The average molecular weight is 253 g/mol. The van der Waals surface area contributed by atoms with Crippen molar-refractivity contribution in [2.24, 2.45) is 5.73 Å². The van der Waals surface area contributed by atoms with Crippen LogP contribution in [-0.4, -0.2) is 11.5 Å². The van der Waals surface area contributed by atoms with Gasteiger partial charge in [0.15, 0.2) is 0 Å². The molecule has 0 atom stereocenters. The normalized spacial score (nSPS) is 11.1. The molecular formula is C11H13BrN2. The molecule has 0 aliphatic heterocycles. The molecule has 0 fully saturated rings. The Morgan fingerprint density at radius 2 is 2.21 bits per heavy atom. The van der Waals surface area contributed by atoms with Crippen LogP contribution in [0, 0.1) is 6.92 Å². The highest BCUT2D eigenvalue weighted by atomic mass is 79.9. The minimum Gasteiger partial charge on any atom is -0.358 e. The predicted molar refractivity (Wildman–Crippen MR) is 63.5 cm³/mol. The summed E-state index contributed by atoms with van der Waals surface area (Å²) in [7, 11) is 0. The third-order valence-electron chi connectivity index (χ3n) is 2.48. The van der Waals surface area contributed by atoms with Gasteiger partial charge in [0.05, 0.1) is 0 Å². The number of rotatable bonds is 2. The van der Waals surface area contributed by atoms with E-state index in [1.54, 1.807) is 0 Å². The van der Waals surface area contributed by atoms with Gasteiger partial charge in [-0.2, -0.15) is 0 Å². The van der Waals surface area contributed by atoms with Crippen molar-refractivity contribution in [2.75, 3.05) is 6.54 Å². The van der Waals surface area contributed by atoms with Gasteiger partial charge in [-0.3, -0.25) is 0 Å². The summed E-state index contributed by atoms with van der Waals surface area (Å²) >= 11 is 3.46. The van der Waals surface area contributed by atoms with Crippen LogP contribution in [-0.2, 0) is 6.42 Å². The van der Waals surface area contributed by atoms with E-state index in [1.807, 2.05) is 0 Å². The third-order valence-corrected chi connectivity index (χ3v) is 2.97. The standard InChI is InChI=1S/C11H13BrN2/c1-7-9(4-5-13)10-3-2-8(12)6-11(10)14-7/h2-3,6,14H,4-5,13H2,1H3. The molecule has 1 aromatic heterocycles. The molecule has 14 heavy (non-hydrogen) atoms. The van der Waals surface area contributed by atoms with Gasteiger partial charge in [-0.15, -0.1) is 0 Å². The molecule has 3 N–H and O–H groups in total. The molecule has 2 nitrogen and oxygen atoms in total. The number of fused-ring (bicyclic) bond motifs is 1. The number of hydrogen-bond acceptors (Lipinski definition) is 1. The second-order valence-electron chi connectivity index (χ2n) is 3.46. The number of H-pyrrole nitrogens is 1. The summed E-state index contributed by atoms with van der Waals surface area (Å²) in [5.41, 5.74) is 9.34. The summed E-state index contributed by atoms with van der Waals surface area (Å²) in [5.74, 6) is 0. The van der Waals surface area contributed by atoms with Gasteiger partial charge in [-0.25, -0.2) is 0 Å². The lowest BCUT2D eigenvalue weighted by atomic mass is 10.1. The number of aryl methyl sites for hydroxylation is 1. The molecule has 2 aromatic rings. The quantitative estimate of drug-likeness (QED) is 0.848. The molecule has 0 bridgehead atoms. The fourth-order valence-electron chi connectivity index (χ4n) is 1.83. The van der Waals surface area contributed by atoms with E-state index in [1.165, 1.54) is 22.2 Å². The fourth-order valence-corrected chi connectivity index (χ4v) is 2.19. The zero-order valence-corrected chi connectivity index (χ0v) is 9.69. The summed E-state index contributed by atoms with van der Waals surface area (Å²) in [5, 5.41) is 1.29. The monoisotopic (exact) mass is 252 g/mol. The molecule has 0 radical (unpaired) electrons. The first-order chi connectivity index (χ1) is 6.72. The maximum absolute atomic E-state index is 5.59. The van der Waals surface area contributed by atoms with Gasteiger partial charge in [0.1, 0.15) is 0 Å². The second-order valence-corrected chi connectivity index (χ2v) is 4.37. The summed E-state index contributed by atoms with van der Waals surface area (Å²) in [4.78, 5) is 3.37. The van der Waals surface area contributed by atoms with E-state index in [0.717, 1.165) is 10.9 Å². The van der Waals surface area contributed by atoms with Crippen LogP contribution in [0.5, 0.6) is 0 Å². The highest BCUT2D eigenvalue weighted by Gasteiger charge is 2.06. The Morgan fingerprint density at radius 1 is 1.43 bits per heavy atom. The van der Waals surface area contributed by atoms with Crippen LogP contribution < -0.4 is 5.73 Å². The van der Waals surface area contributed by atoms with Gasteiger partial charge in [-0.1, -0.05) is 22.0 Å². The van der Waals surface area contributed by atoms with Gasteiger partial charge in [0, 0.05) is 21.1 Å². The molecule has 1 heterocycles. The van der Waals surface area contributed by atoms with Crippen molar-refractivity contribution in [1.29, 1.82) is 0 Å². The number of aromatic amines is 1. The van der Waals surface area contributed by atoms with Gasteiger partial charge in [0.2, 0.25) is 0 Å².